The van der Waals surface area contributed by atoms with Crippen LogP contribution in [0.3, 0.4) is 0 Å². The molecule has 33 heavy (non-hydrogen) atoms. The van der Waals surface area contributed by atoms with Gasteiger partial charge in [0.25, 0.3) is 0 Å². The van der Waals surface area contributed by atoms with Crippen LogP contribution in [0, 0.1) is 0 Å². The Balaban J connectivity index is 1.20. The largest absolute Gasteiger partial charge is 0.362 e. The van der Waals surface area contributed by atoms with Crippen LogP contribution in [0.1, 0.15) is 53.9 Å². The van der Waals surface area contributed by atoms with Crippen LogP contribution >= 0.6 is 0 Å². The second kappa shape index (κ2) is 8.81. The fourth-order valence-electron chi connectivity index (χ4n) is 5.03. The van der Waals surface area contributed by atoms with E-state index < -0.39 is 0 Å². The second-order valence-corrected chi connectivity index (χ2v) is 9.25. The number of nitrogens with zero attached hydrogens (tertiary/aromatic N) is 3. The van der Waals surface area contributed by atoms with Crippen molar-refractivity contribution < 1.29 is 9.59 Å². The van der Waals surface area contributed by atoms with Gasteiger partial charge in [0.2, 0.25) is 11.9 Å². The van der Waals surface area contributed by atoms with Crippen molar-refractivity contribution >= 4 is 34.4 Å². The van der Waals surface area contributed by atoms with Crippen LogP contribution in [0.25, 0.3) is 10.9 Å². The van der Waals surface area contributed by atoms with E-state index in [1.807, 2.05) is 67.5 Å². The number of hydrogen-bond donors (Lipinski definition) is 2. The molecule has 0 spiro atoms. The van der Waals surface area contributed by atoms with Gasteiger partial charge in [0.15, 0.2) is 5.78 Å². The number of amides is 1. The van der Waals surface area contributed by atoms with Crippen molar-refractivity contribution in [1.29, 1.82) is 0 Å². The molecule has 1 atom stereocenters. The van der Waals surface area contributed by atoms with Gasteiger partial charge in [-0.1, -0.05) is 36.4 Å². The second-order valence-electron chi connectivity index (χ2n) is 9.25. The summed E-state index contributed by atoms with van der Waals surface area (Å²) < 4.78 is 0. The number of rotatable bonds is 5. The average molecular weight is 444 g/mol. The molecule has 1 aromatic heterocycles. The van der Waals surface area contributed by atoms with Gasteiger partial charge < -0.3 is 15.5 Å². The number of hydrogen-bond acceptors (Lipinski definition) is 6. The number of carbonyl (C=O) groups excluding carboxylic acids is 2. The SMILES string of the molecule is CN(C)c1nc(NC2CCC(NC(=O)C3CC(=O)c4ccccc43)CC2)nc2ccccc12. The van der Waals surface area contributed by atoms with Crippen molar-refractivity contribution in [2.75, 3.05) is 24.3 Å². The van der Waals surface area contributed by atoms with E-state index in [4.69, 9.17) is 9.97 Å². The number of benzene rings is 2. The van der Waals surface area contributed by atoms with E-state index in [9.17, 15) is 9.59 Å². The number of carbonyl (C=O) groups is 2. The number of para-hydroxylation sites is 1. The zero-order valence-corrected chi connectivity index (χ0v) is 19.0. The zero-order valence-electron chi connectivity index (χ0n) is 19.0. The normalized spacial score (nSPS) is 22.1. The van der Waals surface area contributed by atoms with Crippen LogP contribution < -0.4 is 15.5 Å². The van der Waals surface area contributed by atoms with Crippen LogP contribution in [0.15, 0.2) is 48.5 Å². The summed E-state index contributed by atoms with van der Waals surface area (Å²) in [5, 5.41) is 7.74. The molecule has 2 aromatic carbocycles. The summed E-state index contributed by atoms with van der Waals surface area (Å²) in [7, 11) is 3.98. The van der Waals surface area contributed by atoms with Gasteiger partial charge in [0, 0.05) is 43.5 Å². The number of Topliss-reactive ketones (excluding diaryl/α,β-unsaturated/α-hetero) is 1. The molecule has 2 N–H and O–H groups in total. The lowest BCUT2D eigenvalue weighted by atomic mass is 9.90. The Hall–Kier alpha value is -3.48. The highest BCUT2D eigenvalue weighted by molar-refractivity contribution is 6.06. The Morgan fingerprint density at radius 1 is 0.939 bits per heavy atom. The van der Waals surface area contributed by atoms with Crippen LogP contribution in [-0.2, 0) is 4.79 Å². The molecule has 1 heterocycles. The van der Waals surface area contributed by atoms with Crippen LogP contribution in [0.5, 0.6) is 0 Å². The lowest BCUT2D eigenvalue weighted by Gasteiger charge is -2.30. The molecule has 1 saturated carbocycles. The smallest absolute Gasteiger partial charge is 0.228 e. The van der Waals surface area contributed by atoms with Crippen molar-refractivity contribution in [3.05, 3.63) is 59.7 Å². The Kier molecular flexibility index (Phi) is 5.70. The average Bonchev–Trinajstić information content (AvgIpc) is 3.16. The third-order valence-corrected chi connectivity index (χ3v) is 6.76. The lowest BCUT2D eigenvalue weighted by Crippen LogP contribution is -2.42. The minimum atomic E-state index is -0.361. The van der Waals surface area contributed by atoms with Crippen molar-refractivity contribution in [2.45, 2.75) is 50.1 Å². The van der Waals surface area contributed by atoms with Crippen LogP contribution in [-0.4, -0.2) is 47.8 Å². The number of aromatic nitrogens is 2. The summed E-state index contributed by atoms with van der Waals surface area (Å²) in [6, 6.07) is 15.9. The van der Waals surface area contributed by atoms with Gasteiger partial charge in [-0.3, -0.25) is 9.59 Å². The maximum atomic E-state index is 12.9. The van der Waals surface area contributed by atoms with Crippen molar-refractivity contribution in [1.82, 2.24) is 15.3 Å². The summed E-state index contributed by atoms with van der Waals surface area (Å²) in [5.41, 5.74) is 2.48. The van der Waals surface area contributed by atoms with Crippen molar-refractivity contribution in [2.24, 2.45) is 0 Å². The quantitative estimate of drug-likeness (QED) is 0.622. The highest BCUT2D eigenvalue weighted by Crippen LogP contribution is 2.33. The van der Waals surface area contributed by atoms with Gasteiger partial charge in [0.1, 0.15) is 5.82 Å². The first-order chi connectivity index (χ1) is 16.0. The predicted molar refractivity (Wildman–Crippen MR) is 130 cm³/mol. The molecule has 2 aliphatic rings. The van der Waals surface area contributed by atoms with Gasteiger partial charge in [-0.2, -0.15) is 4.98 Å². The molecule has 0 bridgehead atoms. The number of ketones is 1. The maximum absolute atomic E-state index is 12.9. The Bertz CT molecular complexity index is 1200. The third-order valence-electron chi connectivity index (χ3n) is 6.76. The Morgan fingerprint density at radius 3 is 2.42 bits per heavy atom. The Morgan fingerprint density at radius 2 is 1.64 bits per heavy atom. The van der Waals surface area contributed by atoms with Crippen molar-refractivity contribution in [3.8, 4) is 0 Å². The first-order valence-corrected chi connectivity index (χ1v) is 11.6. The summed E-state index contributed by atoms with van der Waals surface area (Å²) in [6.45, 7) is 0. The molecule has 2 aliphatic carbocycles. The topological polar surface area (TPSA) is 87.2 Å². The van der Waals surface area contributed by atoms with E-state index in [-0.39, 0.29) is 36.1 Å². The standard InChI is InChI=1S/C26H29N5O2/c1-31(2)24-20-9-5-6-10-22(20)29-26(30-24)28-17-13-11-16(12-14-17)27-25(33)21-15-23(32)19-8-4-3-7-18(19)21/h3-10,16-17,21H,11-15H2,1-2H3,(H,27,33)(H,28,29,30). The number of nitrogens with one attached hydrogen (secondary N) is 2. The molecule has 1 fully saturated rings. The Labute approximate surface area is 193 Å². The molecule has 1 amide bonds. The van der Waals surface area contributed by atoms with Crippen molar-refractivity contribution in [3.63, 3.8) is 0 Å². The van der Waals surface area contributed by atoms with Gasteiger partial charge in [-0.15, -0.1) is 0 Å². The number of fused-ring (bicyclic) bond motifs is 2. The summed E-state index contributed by atoms with van der Waals surface area (Å²) >= 11 is 0. The first kappa shape index (κ1) is 21.4. The molecule has 3 aromatic rings. The third kappa shape index (κ3) is 4.27. The molecule has 7 heteroatoms. The molecule has 0 radical (unpaired) electrons. The van der Waals surface area contributed by atoms with Gasteiger partial charge in [0.05, 0.1) is 11.4 Å². The zero-order chi connectivity index (χ0) is 22.9. The van der Waals surface area contributed by atoms with E-state index in [2.05, 4.69) is 10.6 Å². The fourth-order valence-corrected chi connectivity index (χ4v) is 5.03. The first-order valence-electron chi connectivity index (χ1n) is 11.6. The fraction of sp³-hybridized carbons (Fsp3) is 0.385. The predicted octanol–water partition coefficient (Wildman–Crippen LogP) is 3.91. The van der Waals surface area contributed by atoms with E-state index in [0.29, 0.717) is 11.5 Å². The highest BCUT2D eigenvalue weighted by atomic mass is 16.2. The molecule has 0 saturated heterocycles. The molecule has 7 nitrogen and oxygen atoms in total. The highest BCUT2D eigenvalue weighted by Gasteiger charge is 2.35. The van der Waals surface area contributed by atoms with E-state index in [1.165, 1.54) is 0 Å². The van der Waals surface area contributed by atoms with Crippen LogP contribution in [0.2, 0.25) is 0 Å². The van der Waals surface area contributed by atoms with E-state index in [0.717, 1.165) is 48.0 Å². The molecule has 5 rings (SSSR count). The summed E-state index contributed by atoms with van der Waals surface area (Å²) in [5.74, 6) is 1.21. The molecular formula is C26H29N5O2. The lowest BCUT2D eigenvalue weighted by molar-refractivity contribution is -0.123. The summed E-state index contributed by atoms with van der Waals surface area (Å²) in [4.78, 5) is 36.6. The minimum Gasteiger partial charge on any atom is -0.362 e. The van der Waals surface area contributed by atoms with Gasteiger partial charge >= 0.3 is 0 Å². The molecule has 0 aliphatic heterocycles. The maximum Gasteiger partial charge on any atom is 0.228 e. The monoisotopic (exact) mass is 443 g/mol. The molecule has 1 unspecified atom stereocenters. The van der Waals surface area contributed by atoms with Crippen LogP contribution in [0.4, 0.5) is 11.8 Å². The molecular weight excluding hydrogens is 414 g/mol. The number of anilines is 2. The minimum absolute atomic E-state index is 0.0294. The van der Waals surface area contributed by atoms with Gasteiger partial charge in [-0.05, 0) is 43.4 Å². The van der Waals surface area contributed by atoms with E-state index >= 15 is 0 Å². The van der Waals surface area contributed by atoms with Gasteiger partial charge in [-0.25, -0.2) is 4.98 Å². The molecule has 170 valence electrons. The summed E-state index contributed by atoms with van der Waals surface area (Å²) in [6.07, 6.45) is 3.91. The van der Waals surface area contributed by atoms with E-state index in [1.54, 1.807) is 0 Å².